The number of benzene rings is 5. The number of fused-ring (bicyclic) bond motifs is 2. The zero-order valence-corrected chi connectivity index (χ0v) is 33.7. The van der Waals surface area contributed by atoms with E-state index in [1.807, 2.05) is 30.3 Å². The van der Waals surface area contributed by atoms with Crippen LogP contribution in [0.4, 0.5) is 5.69 Å². The lowest BCUT2D eigenvalue weighted by Crippen LogP contribution is -2.56. The number of nitrogens with one attached hydrogen (secondary N) is 2. The molecule has 0 spiro atoms. The minimum absolute atomic E-state index is 0.00415. The van der Waals surface area contributed by atoms with E-state index in [2.05, 4.69) is 21.7 Å². The van der Waals surface area contributed by atoms with Crippen molar-refractivity contribution in [3.63, 3.8) is 0 Å². The van der Waals surface area contributed by atoms with Crippen molar-refractivity contribution in [2.24, 2.45) is 0 Å². The van der Waals surface area contributed by atoms with Crippen LogP contribution < -0.4 is 20.1 Å². The molecule has 3 N–H and O–H groups in total. The van der Waals surface area contributed by atoms with Gasteiger partial charge in [0.25, 0.3) is 11.8 Å². The van der Waals surface area contributed by atoms with Crippen LogP contribution in [0.1, 0.15) is 49.8 Å². The number of carboxylic acids is 1. The first kappa shape index (κ1) is 40.6. The van der Waals surface area contributed by atoms with Crippen molar-refractivity contribution >= 4 is 52.6 Å². The normalized spacial score (nSPS) is 15.8. The second kappa shape index (κ2) is 17.6. The summed E-state index contributed by atoms with van der Waals surface area (Å²) in [6.07, 6.45) is 1.99. The average molecular weight is 853 g/mol. The highest BCUT2D eigenvalue weighted by Crippen LogP contribution is 2.40. The number of halogens is 2. The summed E-state index contributed by atoms with van der Waals surface area (Å²) in [5.41, 5.74) is 6.45. The van der Waals surface area contributed by atoms with E-state index >= 15 is 0 Å². The third-order valence-electron chi connectivity index (χ3n) is 10.6. The van der Waals surface area contributed by atoms with E-state index in [1.54, 1.807) is 84.9 Å². The fraction of sp³-hybridized carbons (Fsp3) is 0.149. The molecule has 2 unspecified atom stereocenters. The number of carbonyl (C=O) groups is 4. The van der Waals surface area contributed by atoms with Crippen molar-refractivity contribution < 1.29 is 33.8 Å². The Balaban J connectivity index is 0.991. The van der Waals surface area contributed by atoms with Crippen molar-refractivity contribution in [2.45, 2.75) is 44.2 Å². The molecule has 61 heavy (non-hydrogen) atoms. The van der Waals surface area contributed by atoms with Crippen LogP contribution in [0.3, 0.4) is 0 Å². The van der Waals surface area contributed by atoms with E-state index in [9.17, 15) is 24.3 Å². The molecule has 0 radical (unpaired) electrons. The van der Waals surface area contributed by atoms with E-state index in [0.717, 1.165) is 16.7 Å². The summed E-state index contributed by atoms with van der Waals surface area (Å²) in [5, 5.41) is 25.8. The lowest BCUT2D eigenvalue weighted by molar-refractivity contribution is -0.142. The predicted octanol–water partition coefficient (Wildman–Crippen LogP) is 7.96. The molecule has 0 aliphatic carbocycles. The molecule has 3 atom stereocenters. The van der Waals surface area contributed by atoms with Crippen LogP contribution in [-0.4, -0.2) is 50.8 Å². The van der Waals surface area contributed by atoms with Gasteiger partial charge in [0.1, 0.15) is 30.2 Å². The lowest BCUT2D eigenvalue weighted by atomic mass is 9.91. The SMILES string of the molecule is N#Cc1ccc(-c2ccc(C[C@H](NC(=O)C3Cc4cc5c(cc4CN3C(=O)c3cccnc3)OC(c3ccc(OCc4ccc(Cl)c(Cl)c4)cc3)C(=O)N5)C(=O)O)cc2)cc1. The molecule has 0 saturated carbocycles. The Morgan fingerprint density at radius 3 is 2.31 bits per heavy atom. The molecule has 3 heterocycles. The van der Waals surface area contributed by atoms with E-state index in [4.69, 9.17) is 37.9 Å². The molecule has 304 valence electrons. The Labute approximate surface area is 360 Å². The van der Waals surface area contributed by atoms with Crippen molar-refractivity contribution in [3.05, 3.63) is 177 Å². The molecule has 12 nitrogen and oxygen atoms in total. The number of anilines is 1. The highest BCUT2D eigenvalue weighted by Gasteiger charge is 2.39. The maximum absolute atomic E-state index is 14.1. The summed E-state index contributed by atoms with van der Waals surface area (Å²) < 4.78 is 12.2. The number of pyridine rings is 1. The Bertz CT molecular complexity index is 2690. The maximum Gasteiger partial charge on any atom is 0.326 e. The number of rotatable bonds is 11. The quantitative estimate of drug-likeness (QED) is 0.117. The van der Waals surface area contributed by atoms with Crippen molar-refractivity contribution in [1.29, 1.82) is 5.26 Å². The zero-order valence-electron chi connectivity index (χ0n) is 32.2. The molecule has 14 heteroatoms. The van der Waals surface area contributed by atoms with Gasteiger partial charge < -0.3 is 30.1 Å². The number of hydrogen-bond acceptors (Lipinski definition) is 8. The van der Waals surface area contributed by atoms with Crippen LogP contribution in [0, 0.1) is 11.3 Å². The number of amides is 3. The third kappa shape index (κ3) is 9.04. The maximum atomic E-state index is 14.1. The zero-order chi connectivity index (χ0) is 42.6. The number of carbonyl (C=O) groups excluding carboxylic acids is 3. The van der Waals surface area contributed by atoms with Crippen LogP contribution >= 0.6 is 23.2 Å². The molecule has 8 rings (SSSR count). The number of aliphatic carboxylic acids is 1. The molecular weight excluding hydrogens is 817 g/mol. The number of carboxylic acid groups (broad SMARTS) is 1. The van der Waals surface area contributed by atoms with Crippen LogP contribution in [0.25, 0.3) is 11.1 Å². The van der Waals surface area contributed by atoms with Crippen LogP contribution in [0.5, 0.6) is 11.5 Å². The number of aromatic nitrogens is 1. The van der Waals surface area contributed by atoms with Gasteiger partial charge in [0.2, 0.25) is 12.0 Å². The third-order valence-corrected chi connectivity index (χ3v) is 11.3. The molecule has 0 fully saturated rings. The van der Waals surface area contributed by atoms with Crippen molar-refractivity contribution in [3.8, 4) is 28.7 Å². The van der Waals surface area contributed by atoms with Gasteiger partial charge in [-0.2, -0.15) is 5.26 Å². The van der Waals surface area contributed by atoms with Crippen LogP contribution in [-0.2, 0) is 40.4 Å². The molecule has 6 aromatic rings. The largest absolute Gasteiger partial charge is 0.489 e. The second-order valence-electron chi connectivity index (χ2n) is 14.6. The average Bonchev–Trinajstić information content (AvgIpc) is 3.28. The topological polar surface area (TPSA) is 171 Å². The van der Waals surface area contributed by atoms with Gasteiger partial charge >= 0.3 is 5.97 Å². The fourth-order valence-electron chi connectivity index (χ4n) is 7.32. The Kier molecular flexibility index (Phi) is 11.7. The number of nitrogens with zero attached hydrogens (tertiary/aromatic N) is 3. The number of ether oxygens (including phenoxy) is 2. The van der Waals surface area contributed by atoms with Crippen molar-refractivity contribution in [2.75, 3.05) is 5.32 Å². The van der Waals surface area contributed by atoms with Gasteiger partial charge in [0, 0.05) is 37.3 Å². The first-order chi connectivity index (χ1) is 29.5. The standard InChI is InChI=1S/C47H35Cl2N5O7/c48-37-16-7-29(18-38(37)49)26-60-36-14-12-32(13-15-36)43-45(56)52-39-20-34-21-41(54(25-35(34)22-42(39)61-43)46(57)33-2-1-17-51-24-33)44(55)53-40(47(58)59)19-27-3-8-30(9-4-27)31-10-5-28(23-50)6-11-31/h1-18,20,22,24,40-41,43H,19,21,25-26H2,(H,52,56)(H,53,55)(H,58,59)/t40-,41?,43?/m0/s1. The van der Waals surface area contributed by atoms with E-state index in [-0.39, 0.29) is 31.6 Å². The minimum Gasteiger partial charge on any atom is -0.489 e. The van der Waals surface area contributed by atoms with E-state index < -0.39 is 41.9 Å². The molecular formula is C47H35Cl2N5O7. The van der Waals surface area contributed by atoms with Gasteiger partial charge in [-0.1, -0.05) is 77.8 Å². The molecule has 1 aromatic heterocycles. The van der Waals surface area contributed by atoms with Crippen molar-refractivity contribution in [1.82, 2.24) is 15.2 Å². The molecule has 2 aliphatic rings. The van der Waals surface area contributed by atoms with Gasteiger partial charge in [-0.3, -0.25) is 19.4 Å². The summed E-state index contributed by atoms with van der Waals surface area (Å²) >= 11 is 12.1. The summed E-state index contributed by atoms with van der Waals surface area (Å²) in [4.78, 5) is 59.6. The summed E-state index contributed by atoms with van der Waals surface area (Å²) in [7, 11) is 0. The minimum atomic E-state index is -1.30. The van der Waals surface area contributed by atoms with Crippen LogP contribution in [0.15, 0.2) is 128 Å². The predicted molar refractivity (Wildman–Crippen MR) is 227 cm³/mol. The van der Waals surface area contributed by atoms with Gasteiger partial charge in [-0.05, 0) is 94.0 Å². The molecule has 0 saturated heterocycles. The molecule has 0 bridgehead atoms. The van der Waals surface area contributed by atoms with E-state index in [1.165, 1.54) is 17.3 Å². The van der Waals surface area contributed by atoms with Gasteiger partial charge in [0.15, 0.2) is 0 Å². The van der Waals surface area contributed by atoms with Crippen LogP contribution in [0.2, 0.25) is 10.0 Å². The Morgan fingerprint density at radius 2 is 1.64 bits per heavy atom. The Morgan fingerprint density at radius 1 is 0.918 bits per heavy atom. The lowest BCUT2D eigenvalue weighted by Gasteiger charge is -2.37. The molecule has 2 aliphatic heterocycles. The van der Waals surface area contributed by atoms with Gasteiger partial charge in [0.05, 0.1) is 32.9 Å². The summed E-state index contributed by atoms with van der Waals surface area (Å²) in [6.45, 7) is 0.255. The first-order valence-corrected chi connectivity index (χ1v) is 19.9. The van der Waals surface area contributed by atoms with E-state index in [0.29, 0.717) is 55.0 Å². The first-order valence-electron chi connectivity index (χ1n) is 19.2. The van der Waals surface area contributed by atoms with Gasteiger partial charge in [-0.25, -0.2) is 4.79 Å². The monoisotopic (exact) mass is 851 g/mol. The highest BCUT2D eigenvalue weighted by molar-refractivity contribution is 6.42. The molecule has 3 amide bonds. The smallest absolute Gasteiger partial charge is 0.326 e. The van der Waals surface area contributed by atoms with Gasteiger partial charge in [-0.15, -0.1) is 0 Å². The summed E-state index contributed by atoms with van der Waals surface area (Å²) in [6, 6.07) is 33.0. The summed E-state index contributed by atoms with van der Waals surface area (Å²) in [5.74, 6) is -1.79. The number of hydrogen-bond donors (Lipinski definition) is 3. The Hall–Kier alpha value is -7.20. The number of nitriles is 1. The highest BCUT2D eigenvalue weighted by atomic mass is 35.5. The second-order valence-corrected chi connectivity index (χ2v) is 15.4. The fourth-order valence-corrected chi connectivity index (χ4v) is 7.64. The molecule has 5 aromatic carbocycles.